The Hall–Kier alpha value is -4.96. The summed E-state index contributed by atoms with van der Waals surface area (Å²) in [5, 5.41) is 27.2. The largest absolute Gasteiger partial charge is 0.275 e. The predicted molar refractivity (Wildman–Crippen MR) is 340 cm³/mol. The maximum absolute atomic E-state index is 13.4. The number of hydrogen-bond donors (Lipinski definition) is 0. The molecule has 0 aliphatic rings. The van der Waals surface area contributed by atoms with E-state index in [0.717, 1.165) is 44.9 Å². The fourth-order valence-corrected chi connectivity index (χ4v) is 11.6. The molecular formula is C64H110ClF2N13S. The van der Waals surface area contributed by atoms with Crippen LogP contribution in [-0.2, 0) is 80.2 Å². The first-order valence-electron chi connectivity index (χ1n) is 28.1. The zero-order chi connectivity index (χ0) is 64.0. The zero-order valence-corrected chi connectivity index (χ0v) is 59.1. The fraction of sp³-hybridized carbons (Fsp3) is 0.672. The van der Waals surface area contributed by atoms with Gasteiger partial charge in [0.05, 0.1) is 44.9 Å². The highest BCUT2D eigenvalue weighted by atomic mass is 35.5. The van der Waals surface area contributed by atoms with Gasteiger partial charge in [-0.15, -0.1) is 11.3 Å². The van der Waals surface area contributed by atoms with Crippen molar-refractivity contribution in [3.63, 3.8) is 0 Å². The molecule has 7 aromatic rings. The number of rotatable bonds is 0. The van der Waals surface area contributed by atoms with Crippen LogP contribution in [0, 0.1) is 74.2 Å². The Morgan fingerprint density at radius 3 is 0.778 bits per heavy atom. The normalized spacial score (nSPS) is 12.1. The fourth-order valence-electron chi connectivity index (χ4n) is 10.2. The summed E-state index contributed by atoms with van der Waals surface area (Å²) in [6.07, 6.45) is 4.19. The van der Waals surface area contributed by atoms with Crippen LogP contribution in [0.3, 0.4) is 0 Å². The maximum Gasteiger partial charge on any atom is 0.215 e. The van der Waals surface area contributed by atoms with Gasteiger partial charge in [-0.2, -0.15) is 39.4 Å². The number of hydrogen-bond acceptors (Lipinski definition) is 8. The van der Waals surface area contributed by atoms with Gasteiger partial charge in [-0.25, -0.2) is 14.3 Å². The molecule has 0 saturated heterocycles. The molecule has 0 spiro atoms. The molecule has 0 saturated carbocycles. The third-order valence-electron chi connectivity index (χ3n) is 13.2. The number of aromatic nitrogens is 13. The molecule has 81 heavy (non-hydrogen) atoms. The van der Waals surface area contributed by atoms with E-state index in [1.165, 1.54) is 47.3 Å². The highest BCUT2D eigenvalue weighted by molar-refractivity contribution is 7.11. The van der Waals surface area contributed by atoms with Crippen LogP contribution in [0.1, 0.15) is 234 Å². The minimum Gasteiger partial charge on any atom is -0.275 e. The van der Waals surface area contributed by atoms with Crippen molar-refractivity contribution in [2.24, 2.45) is 42.3 Å². The Balaban J connectivity index is 0.000000473. The predicted octanol–water partition coefficient (Wildman–Crippen LogP) is 16.5. The molecule has 0 fully saturated rings. The highest BCUT2D eigenvalue weighted by Crippen LogP contribution is 2.34. The van der Waals surface area contributed by atoms with Gasteiger partial charge in [0, 0.05) is 87.5 Å². The van der Waals surface area contributed by atoms with Crippen molar-refractivity contribution in [3.8, 4) is 0 Å². The lowest BCUT2D eigenvalue weighted by molar-refractivity contribution is 0.464. The first kappa shape index (κ1) is 74.1. The first-order chi connectivity index (χ1) is 36.1. The smallest absolute Gasteiger partial charge is 0.215 e. The van der Waals surface area contributed by atoms with Crippen LogP contribution in [0.5, 0.6) is 0 Å². The van der Waals surface area contributed by atoms with Crippen molar-refractivity contribution in [2.75, 3.05) is 0 Å². The van der Waals surface area contributed by atoms with Gasteiger partial charge in [0.2, 0.25) is 11.9 Å². The summed E-state index contributed by atoms with van der Waals surface area (Å²) >= 11 is 7.91. The summed E-state index contributed by atoms with van der Waals surface area (Å²) in [6.45, 7) is 63.1. The zero-order valence-electron chi connectivity index (χ0n) is 57.5. The molecule has 0 atom stereocenters. The van der Waals surface area contributed by atoms with Gasteiger partial charge in [0.25, 0.3) is 0 Å². The van der Waals surface area contributed by atoms with E-state index in [9.17, 15) is 8.78 Å². The topological polar surface area (TPSA) is 120 Å². The summed E-state index contributed by atoms with van der Waals surface area (Å²) in [5.74, 6) is -0.444. The van der Waals surface area contributed by atoms with Gasteiger partial charge in [-0.1, -0.05) is 157 Å². The van der Waals surface area contributed by atoms with E-state index in [0.29, 0.717) is 11.1 Å². The molecule has 17 heteroatoms. The first-order valence-corrected chi connectivity index (χ1v) is 29.3. The molecule has 7 heterocycles. The molecule has 13 nitrogen and oxygen atoms in total. The van der Waals surface area contributed by atoms with Crippen molar-refractivity contribution >= 4 is 22.9 Å². The van der Waals surface area contributed by atoms with E-state index in [1.54, 1.807) is 18.8 Å². The quantitative estimate of drug-likeness (QED) is 0.148. The van der Waals surface area contributed by atoms with E-state index >= 15 is 0 Å². The van der Waals surface area contributed by atoms with Crippen LogP contribution in [0.4, 0.5) is 8.78 Å². The second kappa shape index (κ2) is 27.6. The number of thiazole rings is 1. The summed E-state index contributed by atoms with van der Waals surface area (Å²) < 4.78 is 36.8. The molecule has 0 N–H and O–H groups in total. The van der Waals surface area contributed by atoms with Gasteiger partial charge < -0.3 is 0 Å². The van der Waals surface area contributed by atoms with Crippen molar-refractivity contribution in [2.45, 2.75) is 246 Å². The Bertz CT molecular complexity index is 2730. The molecule has 7 rings (SSSR count). The average Bonchev–Trinajstić information content (AvgIpc) is 4.09. The maximum atomic E-state index is 13.4. The van der Waals surface area contributed by atoms with Crippen LogP contribution >= 0.6 is 22.9 Å². The van der Waals surface area contributed by atoms with E-state index in [1.807, 2.05) is 116 Å². The molecule has 0 aromatic carbocycles. The van der Waals surface area contributed by atoms with Gasteiger partial charge in [0.1, 0.15) is 5.15 Å². The van der Waals surface area contributed by atoms with E-state index in [2.05, 4.69) is 193 Å². The van der Waals surface area contributed by atoms with Crippen LogP contribution < -0.4 is 0 Å². The molecule has 7 aromatic heterocycles. The standard InChI is InChI=1S/C10H18N2.C9H15ClN2.2C9H15FN2.2C9H16N2.C9H15NS/c1-7-9(10(3,4)5)8(2)12(6)11-7;3*1-6-7(9(2,3)4)8(10)12(5)11-6;2*1-7-8(9(2,3)4)6-11(5)10-7;1-6-8(9(3,4)5)11-7(2)10-6/h1-6H3;3*1-5H3;2*6H,1-5H3;1-5H3. The molecule has 0 aliphatic carbocycles. The summed E-state index contributed by atoms with van der Waals surface area (Å²) in [4.78, 5) is 5.81. The minimum absolute atomic E-state index is 0.0788. The molecule has 0 radical (unpaired) electrons. The lowest BCUT2D eigenvalue weighted by Crippen LogP contribution is -2.14. The SMILES string of the molecule is Cc1nc(C)c(C(C)(C)C)s1.Cc1nn(C)c(C)c1C(C)(C)C.Cc1nn(C)c(Cl)c1C(C)(C)C.Cc1nn(C)c(F)c1C(C)(C)C.Cc1nn(C)c(F)c1C(C)(C)C.Cc1nn(C)cc1C(C)(C)C.Cc1nn(C)cc1C(C)(C)C. The number of nitrogens with zero attached hydrogens (tertiary/aromatic N) is 13. The van der Waals surface area contributed by atoms with Crippen molar-refractivity contribution < 1.29 is 8.78 Å². The Labute approximate surface area is 499 Å². The Morgan fingerprint density at radius 1 is 0.358 bits per heavy atom. The molecule has 0 aliphatic heterocycles. The number of halogens is 3. The third-order valence-corrected chi connectivity index (χ3v) is 15.1. The van der Waals surface area contributed by atoms with E-state index in [-0.39, 0.29) is 49.8 Å². The molecular weight excluding hydrogens is 1060 g/mol. The van der Waals surface area contributed by atoms with Crippen LogP contribution in [-0.4, -0.2) is 63.7 Å². The van der Waals surface area contributed by atoms with Gasteiger partial charge in [-0.05, 0) is 111 Å². The monoisotopic (exact) mass is 1170 g/mol. The average molecular weight is 1170 g/mol. The van der Waals surface area contributed by atoms with Gasteiger partial charge in [-0.3, -0.25) is 18.7 Å². The van der Waals surface area contributed by atoms with Crippen molar-refractivity contribution in [1.29, 1.82) is 0 Å². The van der Waals surface area contributed by atoms with Gasteiger partial charge >= 0.3 is 0 Å². The second-order valence-electron chi connectivity index (χ2n) is 28.8. The Morgan fingerprint density at radius 2 is 0.654 bits per heavy atom. The van der Waals surface area contributed by atoms with Gasteiger partial charge in [0.15, 0.2) is 0 Å². The summed E-state index contributed by atoms with van der Waals surface area (Å²) in [7, 11) is 11.0. The van der Waals surface area contributed by atoms with E-state index in [4.69, 9.17) is 11.6 Å². The lowest BCUT2D eigenvalue weighted by atomic mass is 9.85. The number of aryl methyl sites for hydroxylation is 14. The van der Waals surface area contributed by atoms with Crippen LogP contribution in [0.2, 0.25) is 5.15 Å². The minimum atomic E-state index is -0.222. The molecule has 0 amide bonds. The highest BCUT2D eigenvalue weighted by Gasteiger charge is 2.28. The van der Waals surface area contributed by atoms with Crippen LogP contribution in [0.25, 0.3) is 0 Å². The Kier molecular flexibility index (Phi) is 25.3. The van der Waals surface area contributed by atoms with E-state index < -0.39 is 0 Å². The lowest BCUT2D eigenvalue weighted by Gasteiger charge is -2.19. The van der Waals surface area contributed by atoms with Crippen molar-refractivity contribution in [1.82, 2.24) is 63.7 Å². The molecule has 0 unspecified atom stereocenters. The summed E-state index contributed by atoms with van der Waals surface area (Å²) in [5.41, 5.74) is 15.8. The molecule has 458 valence electrons. The summed E-state index contributed by atoms with van der Waals surface area (Å²) in [6, 6.07) is 0. The second-order valence-corrected chi connectivity index (χ2v) is 30.4. The third kappa shape index (κ3) is 21.3. The van der Waals surface area contributed by atoms with Crippen molar-refractivity contribution in [3.05, 3.63) is 118 Å². The van der Waals surface area contributed by atoms with Crippen LogP contribution in [0.15, 0.2) is 12.4 Å². The molecule has 0 bridgehead atoms.